The third-order valence-electron chi connectivity index (χ3n) is 4.25. The second-order valence-electron chi connectivity index (χ2n) is 4.99. The topological polar surface area (TPSA) is 38.0 Å². The fraction of sp³-hybridized carbons (Fsp3) is 0.692. The third kappa shape index (κ3) is 1.92. The van der Waals surface area contributed by atoms with E-state index in [1.807, 2.05) is 11.3 Å². The molecule has 2 nitrogen and oxygen atoms in total. The molecular weight excluding hydrogens is 216 g/mol. The maximum absolute atomic E-state index is 5.83. The van der Waals surface area contributed by atoms with Gasteiger partial charge < -0.3 is 0 Å². The normalized spacial score (nSPS) is 21.2. The van der Waals surface area contributed by atoms with E-state index in [2.05, 4.69) is 30.7 Å². The molecule has 0 aliphatic heterocycles. The van der Waals surface area contributed by atoms with Crippen LogP contribution in [0.3, 0.4) is 0 Å². The van der Waals surface area contributed by atoms with Crippen LogP contribution in [-0.4, -0.2) is 0 Å². The smallest absolute Gasteiger partial charge is 0.0611 e. The molecule has 0 saturated heterocycles. The van der Waals surface area contributed by atoms with Gasteiger partial charge in [-0.15, -0.1) is 11.3 Å². The SMILES string of the molecule is CCC1(C(NN)c2sccc2C)CCCC1. The van der Waals surface area contributed by atoms with Crippen LogP contribution in [-0.2, 0) is 0 Å². The zero-order valence-electron chi connectivity index (χ0n) is 10.3. The number of nitrogens with one attached hydrogen (secondary N) is 1. The van der Waals surface area contributed by atoms with Gasteiger partial charge in [0.2, 0.25) is 0 Å². The minimum atomic E-state index is 0.347. The summed E-state index contributed by atoms with van der Waals surface area (Å²) in [6, 6.07) is 2.54. The molecule has 1 aromatic rings. The molecule has 0 amide bonds. The van der Waals surface area contributed by atoms with Crippen LogP contribution in [0.5, 0.6) is 0 Å². The van der Waals surface area contributed by atoms with Gasteiger partial charge in [0.05, 0.1) is 6.04 Å². The number of rotatable bonds is 4. The first-order valence-electron chi connectivity index (χ1n) is 6.23. The molecular formula is C13H22N2S. The lowest BCUT2D eigenvalue weighted by Gasteiger charge is -2.36. The van der Waals surface area contributed by atoms with Crippen molar-refractivity contribution in [2.45, 2.75) is 52.0 Å². The molecule has 1 atom stereocenters. The number of hydrogen-bond acceptors (Lipinski definition) is 3. The molecule has 1 fully saturated rings. The van der Waals surface area contributed by atoms with E-state index in [1.54, 1.807) is 0 Å². The molecule has 1 saturated carbocycles. The minimum absolute atomic E-state index is 0.347. The molecule has 90 valence electrons. The summed E-state index contributed by atoms with van der Waals surface area (Å²) >= 11 is 1.84. The van der Waals surface area contributed by atoms with Crippen LogP contribution in [0.1, 0.15) is 55.5 Å². The van der Waals surface area contributed by atoms with Gasteiger partial charge in [-0.25, -0.2) is 0 Å². The monoisotopic (exact) mass is 238 g/mol. The second kappa shape index (κ2) is 4.86. The van der Waals surface area contributed by atoms with E-state index >= 15 is 0 Å². The van der Waals surface area contributed by atoms with Crippen LogP contribution in [0.15, 0.2) is 11.4 Å². The van der Waals surface area contributed by atoms with Crippen LogP contribution in [0.2, 0.25) is 0 Å². The van der Waals surface area contributed by atoms with Crippen molar-refractivity contribution in [2.24, 2.45) is 11.3 Å². The highest BCUT2D eigenvalue weighted by molar-refractivity contribution is 7.10. The van der Waals surface area contributed by atoms with Crippen LogP contribution >= 0.6 is 11.3 Å². The quantitative estimate of drug-likeness (QED) is 0.622. The summed E-state index contributed by atoms with van der Waals surface area (Å²) in [6.45, 7) is 4.49. The van der Waals surface area contributed by atoms with Crippen molar-refractivity contribution in [3.8, 4) is 0 Å². The Kier molecular flexibility index (Phi) is 3.67. The van der Waals surface area contributed by atoms with Crippen LogP contribution in [0, 0.1) is 12.3 Å². The Labute approximate surface area is 102 Å². The van der Waals surface area contributed by atoms with Gasteiger partial charge >= 0.3 is 0 Å². The summed E-state index contributed by atoms with van der Waals surface area (Å²) < 4.78 is 0. The fourth-order valence-corrected chi connectivity index (χ4v) is 4.26. The fourth-order valence-electron chi connectivity index (χ4n) is 3.14. The molecule has 0 radical (unpaired) electrons. The van der Waals surface area contributed by atoms with Crippen molar-refractivity contribution in [1.29, 1.82) is 0 Å². The van der Waals surface area contributed by atoms with Crippen molar-refractivity contribution in [3.05, 3.63) is 21.9 Å². The predicted molar refractivity (Wildman–Crippen MR) is 70.3 cm³/mol. The molecule has 0 spiro atoms. The molecule has 0 aromatic carbocycles. The second-order valence-corrected chi connectivity index (χ2v) is 5.94. The van der Waals surface area contributed by atoms with Crippen molar-refractivity contribution in [1.82, 2.24) is 5.43 Å². The third-order valence-corrected chi connectivity index (χ3v) is 5.33. The molecule has 1 aliphatic rings. The van der Waals surface area contributed by atoms with Gasteiger partial charge in [0.1, 0.15) is 0 Å². The number of thiophene rings is 1. The van der Waals surface area contributed by atoms with Gasteiger partial charge in [-0.3, -0.25) is 11.3 Å². The van der Waals surface area contributed by atoms with Crippen molar-refractivity contribution in [2.75, 3.05) is 0 Å². The molecule has 1 aliphatic carbocycles. The lowest BCUT2D eigenvalue weighted by atomic mass is 9.75. The van der Waals surface area contributed by atoms with Gasteiger partial charge in [-0.1, -0.05) is 19.8 Å². The van der Waals surface area contributed by atoms with Gasteiger partial charge in [0, 0.05) is 4.88 Å². The van der Waals surface area contributed by atoms with Crippen molar-refractivity contribution < 1.29 is 0 Å². The molecule has 1 heterocycles. The Morgan fingerprint density at radius 2 is 2.19 bits per heavy atom. The molecule has 3 heteroatoms. The zero-order chi connectivity index (χ0) is 11.6. The summed E-state index contributed by atoms with van der Waals surface area (Å²) in [5.74, 6) is 5.83. The summed E-state index contributed by atoms with van der Waals surface area (Å²) in [6.07, 6.45) is 6.57. The first-order valence-corrected chi connectivity index (χ1v) is 7.11. The minimum Gasteiger partial charge on any atom is -0.271 e. The molecule has 1 unspecified atom stereocenters. The van der Waals surface area contributed by atoms with E-state index in [-0.39, 0.29) is 0 Å². The van der Waals surface area contributed by atoms with E-state index in [0.29, 0.717) is 11.5 Å². The highest BCUT2D eigenvalue weighted by Crippen LogP contribution is 2.51. The summed E-state index contributed by atoms with van der Waals surface area (Å²) in [5, 5.41) is 2.17. The van der Waals surface area contributed by atoms with Gasteiger partial charge in [0.15, 0.2) is 0 Å². The Balaban J connectivity index is 2.31. The highest BCUT2D eigenvalue weighted by Gasteiger charge is 2.41. The number of aryl methyl sites for hydroxylation is 1. The largest absolute Gasteiger partial charge is 0.271 e. The van der Waals surface area contributed by atoms with Gasteiger partial charge in [-0.05, 0) is 48.6 Å². The average molecular weight is 238 g/mol. The summed E-state index contributed by atoms with van der Waals surface area (Å²) in [5.41, 5.74) is 4.86. The number of hydrazine groups is 1. The number of nitrogens with two attached hydrogens (primary N) is 1. The number of hydrogen-bond donors (Lipinski definition) is 2. The summed E-state index contributed by atoms with van der Waals surface area (Å²) in [4.78, 5) is 1.44. The molecule has 16 heavy (non-hydrogen) atoms. The Morgan fingerprint density at radius 1 is 1.50 bits per heavy atom. The molecule has 3 N–H and O–H groups in total. The lowest BCUT2D eigenvalue weighted by Crippen LogP contribution is -2.39. The van der Waals surface area contributed by atoms with Gasteiger partial charge in [-0.2, -0.15) is 0 Å². The molecule has 2 rings (SSSR count). The van der Waals surface area contributed by atoms with E-state index in [9.17, 15) is 0 Å². The highest BCUT2D eigenvalue weighted by atomic mass is 32.1. The average Bonchev–Trinajstić information content (AvgIpc) is 2.91. The van der Waals surface area contributed by atoms with Crippen LogP contribution in [0.4, 0.5) is 0 Å². The van der Waals surface area contributed by atoms with E-state index in [1.165, 1.54) is 42.5 Å². The Hall–Kier alpha value is -0.380. The van der Waals surface area contributed by atoms with Crippen molar-refractivity contribution in [3.63, 3.8) is 0 Å². The zero-order valence-corrected chi connectivity index (χ0v) is 11.1. The van der Waals surface area contributed by atoms with E-state index < -0.39 is 0 Å². The van der Waals surface area contributed by atoms with Gasteiger partial charge in [0.25, 0.3) is 0 Å². The summed E-state index contributed by atoms with van der Waals surface area (Å²) in [7, 11) is 0. The van der Waals surface area contributed by atoms with E-state index in [4.69, 9.17) is 5.84 Å². The predicted octanol–water partition coefficient (Wildman–Crippen LogP) is 3.53. The Morgan fingerprint density at radius 3 is 2.62 bits per heavy atom. The van der Waals surface area contributed by atoms with Crippen LogP contribution in [0.25, 0.3) is 0 Å². The first-order chi connectivity index (χ1) is 7.73. The maximum Gasteiger partial charge on any atom is 0.0611 e. The van der Waals surface area contributed by atoms with Crippen LogP contribution < -0.4 is 11.3 Å². The maximum atomic E-state index is 5.83. The molecule has 0 bridgehead atoms. The standard InChI is InChI=1S/C13H22N2S/c1-3-13(7-4-5-8-13)12(15-14)11-10(2)6-9-16-11/h6,9,12,15H,3-5,7-8,14H2,1-2H3. The first kappa shape index (κ1) is 12.1. The molecule has 1 aromatic heterocycles. The van der Waals surface area contributed by atoms with Crippen molar-refractivity contribution >= 4 is 11.3 Å². The Bertz CT molecular complexity index is 339. The van der Waals surface area contributed by atoms with E-state index in [0.717, 1.165) is 0 Å². The lowest BCUT2D eigenvalue weighted by molar-refractivity contribution is 0.190.